The van der Waals surface area contributed by atoms with Crippen molar-refractivity contribution in [3.8, 4) is 0 Å². The molecule has 0 amide bonds. The van der Waals surface area contributed by atoms with Gasteiger partial charge < -0.3 is 5.32 Å². The Balaban J connectivity index is 2.06. The zero-order valence-electron chi connectivity index (χ0n) is 10.2. The Morgan fingerprint density at radius 3 is 3.00 bits per heavy atom. The van der Waals surface area contributed by atoms with Crippen LogP contribution in [0.5, 0.6) is 0 Å². The van der Waals surface area contributed by atoms with Crippen LogP contribution in [0.15, 0.2) is 17.8 Å². The summed E-state index contributed by atoms with van der Waals surface area (Å²) < 4.78 is 2.11. The molecule has 0 saturated heterocycles. The molecule has 2 aromatic rings. The quantitative estimate of drug-likeness (QED) is 0.866. The summed E-state index contributed by atoms with van der Waals surface area (Å²) in [5, 5.41) is 5.28. The fourth-order valence-electron chi connectivity index (χ4n) is 1.90. The van der Waals surface area contributed by atoms with Crippen LogP contribution in [0.3, 0.4) is 0 Å². The number of nitrogens with zero attached hydrogens (tertiary/aromatic N) is 2. The Bertz CT molecular complexity index is 427. The molecule has 88 valence electrons. The molecule has 2 aromatic heterocycles. The van der Waals surface area contributed by atoms with Crippen molar-refractivity contribution < 1.29 is 0 Å². The normalized spacial score (nSPS) is 12.4. The molecule has 0 atom stereocenters. The summed E-state index contributed by atoms with van der Waals surface area (Å²) in [5.41, 5.74) is 1.51. The van der Waals surface area contributed by atoms with E-state index in [4.69, 9.17) is 0 Å². The van der Waals surface area contributed by atoms with Gasteiger partial charge in [-0.05, 0) is 31.8 Å². The fourth-order valence-corrected chi connectivity index (χ4v) is 2.62. The second-order valence-electron chi connectivity index (χ2n) is 5.02. The summed E-state index contributed by atoms with van der Waals surface area (Å²) in [5.74, 6) is 0. The second-order valence-corrected chi connectivity index (χ2v) is 5.89. The van der Waals surface area contributed by atoms with Crippen molar-refractivity contribution >= 4 is 16.3 Å². The molecule has 0 aromatic carbocycles. The van der Waals surface area contributed by atoms with Gasteiger partial charge in [-0.1, -0.05) is 13.8 Å². The predicted octanol–water partition coefficient (Wildman–Crippen LogP) is 2.57. The molecule has 4 heteroatoms. The van der Waals surface area contributed by atoms with Gasteiger partial charge in [-0.3, -0.25) is 4.40 Å². The molecule has 3 nitrogen and oxygen atoms in total. The van der Waals surface area contributed by atoms with Crippen molar-refractivity contribution in [3.63, 3.8) is 0 Å². The Morgan fingerprint density at radius 2 is 2.31 bits per heavy atom. The summed E-state index contributed by atoms with van der Waals surface area (Å²) >= 11 is 1.69. The SMILES string of the molecule is CNCCC(C)(C)Cc1cn2ccsc2n1. The minimum Gasteiger partial charge on any atom is -0.320 e. The zero-order chi connectivity index (χ0) is 11.6. The topological polar surface area (TPSA) is 29.3 Å². The number of imidazole rings is 1. The van der Waals surface area contributed by atoms with Crippen LogP contribution in [0.25, 0.3) is 4.96 Å². The van der Waals surface area contributed by atoms with Gasteiger partial charge in [0, 0.05) is 17.8 Å². The number of aromatic nitrogens is 2. The highest BCUT2D eigenvalue weighted by Crippen LogP contribution is 2.25. The number of thiazole rings is 1. The molecule has 1 N–H and O–H groups in total. The van der Waals surface area contributed by atoms with E-state index in [1.807, 2.05) is 7.05 Å². The van der Waals surface area contributed by atoms with Crippen LogP contribution in [-0.2, 0) is 6.42 Å². The molecule has 2 heterocycles. The average molecular weight is 237 g/mol. The molecule has 0 aliphatic heterocycles. The standard InChI is InChI=1S/C12H19N3S/c1-12(2,4-5-13-3)8-10-9-15-6-7-16-11(15)14-10/h6-7,9,13H,4-5,8H2,1-3H3. The first-order valence-electron chi connectivity index (χ1n) is 5.66. The molecule has 2 rings (SSSR count). The number of rotatable bonds is 5. The molecule has 0 spiro atoms. The lowest BCUT2D eigenvalue weighted by Crippen LogP contribution is -2.21. The monoisotopic (exact) mass is 237 g/mol. The maximum absolute atomic E-state index is 4.63. The van der Waals surface area contributed by atoms with Crippen LogP contribution in [0.4, 0.5) is 0 Å². The Labute approximate surface area is 101 Å². The number of hydrogen-bond acceptors (Lipinski definition) is 3. The van der Waals surface area contributed by atoms with Gasteiger partial charge in [-0.2, -0.15) is 0 Å². The number of nitrogens with one attached hydrogen (secondary N) is 1. The van der Waals surface area contributed by atoms with Gasteiger partial charge in [-0.15, -0.1) is 11.3 Å². The van der Waals surface area contributed by atoms with E-state index in [0.29, 0.717) is 5.41 Å². The lowest BCUT2D eigenvalue weighted by molar-refractivity contribution is 0.327. The zero-order valence-corrected chi connectivity index (χ0v) is 11.0. The van der Waals surface area contributed by atoms with Crippen LogP contribution < -0.4 is 5.32 Å². The Kier molecular flexibility index (Phi) is 3.30. The average Bonchev–Trinajstić information content (AvgIpc) is 2.74. The van der Waals surface area contributed by atoms with Gasteiger partial charge in [0.05, 0.1) is 5.69 Å². The van der Waals surface area contributed by atoms with Crippen molar-refractivity contribution in [2.24, 2.45) is 5.41 Å². The first-order chi connectivity index (χ1) is 7.61. The van der Waals surface area contributed by atoms with Crippen LogP contribution >= 0.6 is 11.3 Å². The highest BCUT2D eigenvalue weighted by atomic mass is 32.1. The van der Waals surface area contributed by atoms with Crippen molar-refractivity contribution in [1.29, 1.82) is 0 Å². The van der Waals surface area contributed by atoms with Crippen LogP contribution in [0.1, 0.15) is 26.0 Å². The molecule has 0 fully saturated rings. The minimum absolute atomic E-state index is 0.313. The van der Waals surface area contributed by atoms with E-state index in [2.05, 4.69) is 46.3 Å². The highest BCUT2D eigenvalue weighted by Gasteiger charge is 2.19. The third kappa shape index (κ3) is 2.62. The molecular formula is C12H19N3S. The summed E-state index contributed by atoms with van der Waals surface area (Å²) in [7, 11) is 2.00. The van der Waals surface area contributed by atoms with Crippen LogP contribution in [-0.4, -0.2) is 23.0 Å². The van der Waals surface area contributed by atoms with E-state index < -0.39 is 0 Å². The Morgan fingerprint density at radius 1 is 1.50 bits per heavy atom. The smallest absolute Gasteiger partial charge is 0.193 e. The van der Waals surface area contributed by atoms with Gasteiger partial charge in [0.15, 0.2) is 4.96 Å². The fraction of sp³-hybridized carbons (Fsp3) is 0.583. The van der Waals surface area contributed by atoms with Gasteiger partial charge >= 0.3 is 0 Å². The maximum atomic E-state index is 4.63. The van der Waals surface area contributed by atoms with E-state index in [-0.39, 0.29) is 0 Å². The van der Waals surface area contributed by atoms with Crippen molar-refractivity contribution in [1.82, 2.24) is 14.7 Å². The summed E-state index contributed by atoms with van der Waals surface area (Å²) in [6.45, 7) is 5.67. The molecule has 16 heavy (non-hydrogen) atoms. The van der Waals surface area contributed by atoms with Crippen molar-refractivity contribution in [3.05, 3.63) is 23.5 Å². The number of hydrogen-bond donors (Lipinski definition) is 1. The summed E-state index contributed by atoms with van der Waals surface area (Å²) in [6.07, 6.45) is 6.43. The van der Waals surface area contributed by atoms with E-state index in [1.54, 1.807) is 11.3 Å². The largest absolute Gasteiger partial charge is 0.320 e. The van der Waals surface area contributed by atoms with Gasteiger partial charge in [-0.25, -0.2) is 4.98 Å². The van der Waals surface area contributed by atoms with E-state index in [0.717, 1.165) is 17.9 Å². The van der Waals surface area contributed by atoms with Gasteiger partial charge in [0.2, 0.25) is 0 Å². The predicted molar refractivity (Wildman–Crippen MR) is 69.1 cm³/mol. The van der Waals surface area contributed by atoms with E-state index in [9.17, 15) is 0 Å². The van der Waals surface area contributed by atoms with Gasteiger partial charge in [0.25, 0.3) is 0 Å². The first-order valence-corrected chi connectivity index (χ1v) is 6.54. The second kappa shape index (κ2) is 4.55. The van der Waals surface area contributed by atoms with Crippen molar-refractivity contribution in [2.75, 3.05) is 13.6 Å². The lowest BCUT2D eigenvalue weighted by Gasteiger charge is -2.23. The molecule has 0 bridgehead atoms. The lowest BCUT2D eigenvalue weighted by atomic mass is 9.84. The molecule has 0 saturated carbocycles. The Hall–Kier alpha value is -0.870. The molecular weight excluding hydrogens is 218 g/mol. The van der Waals surface area contributed by atoms with Crippen molar-refractivity contribution in [2.45, 2.75) is 26.7 Å². The molecule has 0 radical (unpaired) electrons. The molecule has 0 aliphatic rings. The summed E-state index contributed by atoms with van der Waals surface area (Å²) in [4.78, 5) is 5.72. The molecule has 0 unspecified atom stereocenters. The third-order valence-electron chi connectivity index (χ3n) is 2.85. The van der Waals surface area contributed by atoms with Crippen LogP contribution in [0, 0.1) is 5.41 Å². The highest BCUT2D eigenvalue weighted by molar-refractivity contribution is 7.15. The number of fused-ring (bicyclic) bond motifs is 1. The van der Waals surface area contributed by atoms with E-state index in [1.165, 1.54) is 12.1 Å². The third-order valence-corrected chi connectivity index (χ3v) is 3.63. The summed E-state index contributed by atoms with van der Waals surface area (Å²) in [6, 6.07) is 0. The van der Waals surface area contributed by atoms with Crippen LogP contribution in [0.2, 0.25) is 0 Å². The minimum atomic E-state index is 0.313. The molecule has 0 aliphatic carbocycles. The first kappa shape index (κ1) is 11.6. The van der Waals surface area contributed by atoms with Gasteiger partial charge in [0.1, 0.15) is 0 Å². The maximum Gasteiger partial charge on any atom is 0.193 e. The van der Waals surface area contributed by atoms with E-state index >= 15 is 0 Å².